The topological polar surface area (TPSA) is 78.5 Å². The van der Waals surface area contributed by atoms with E-state index in [0.717, 1.165) is 5.56 Å². The summed E-state index contributed by atoms with van der Waals surface area (Å²) in [5.41, 5.74) is 0.912. The molecule has 0 saturated carbocycles. The Morgan fingerprint density at radius 3 is 2.27 bits per heavy atom. The fourth-order valence-electron chi connectivity index (χ4n) is 1.89. The van der Waals surface area contributed by atoms with Crippen molar-refractivity contribution in [2.75, 3.05) is 25.4 Å². The minimum atomic E-state index is -3.31. The van der Waals surface area contributed by atoms with Crippen molar-refractivity contribution in [1.29, 1.82) is 0 Å². The molecule has 2 N–H and O–H groups in total. The highest BCUT2D eigenvalue weighted by Gasteiger charge is 2.18. The van der Waals surface area contributed by atoms with E-state index in [1.54, 1.807) is 26.0 Å². The van der Waals surface area contributed by atoms with Gasteiger partial charge >= 0.3 is 6.03 Å². The Morgan fingerprint density at radius 1 is 1.14 bits per heavy atom. The average Bonchev–Trinajstić information content (AvgIpc) is 2.47. The number of urea groups is 1. The molecule has 124 valence electrons. The van der Waals surface area contributed by atoms with Crippen molar-refractivity contribution in [1.82, 2.24) is 14.9 Å². The molecule has 2 amide bonds. The Hall–Kier alpha value is -1.31. The standard InChI is InChI=1S/C14H22ClN3O3S/c1-3-18(4-2)22(20,21)10-9-16-14(19)17-11-12-5-7-13(15)8-6-12/h5-8H,3-4,9-11H2,1-2H3,(H2,16,17,19). The SMILES string of the molecule is CCN(CC)S(=O)(=O)CCNC(=O)NCc1ccc(Cl)cc1. The number of carbonyl (C=O) groups is 1. The molecule has 0 aliphatic carbocycles. The van der Waals surface area contributed by atoms with Gasteiger partial charge in [-0.05, 0) is 17.7 Å². The van der Waals surface area contributed by atoms with Gasteiger partial charge in [-0.3, -0.25) is 0 Å². The number of rotatable bonds is 8. The van der Waals surface area contributed by atoms with Crippen LogP contribution in [0.5, 0.6) is 0 Å². The number of sulfonamides is 1. The van der Waals surface area contributed by atoms with Crippen LogP contribution in [0.15, 0.2) is 24.3 Å². The first-order chi connectivity index (χ1) is 10.4. The van der Waals surface area contributed by atoms with Crippen molar-refractivity contribution in [3.05, 3.63) is 34.9 Å². The molecule has 0 unspecified atom stereocenters. The molecule has 0 aromatic heterocycles. The predicted octanol–water partition coefficient (Wildman–Crippen LogP) is 1.81. The molecule has 0 saturated heterocycles. The van der Waals surface area contributed by atoms with Crippen LogP contribution in [0.4, 0.5) is 4.79 Å². The first kappa shape index (κ1) is 18.7. The summed E-state index contributed by atoms with van der Waals surface area (Å²) in [5.74, 6) is -0.108. The van der Waals surface area contributed by atoms with Crippen LogP contribution < -0.4 is 10.6 Å². The van der Waals surface area contributed by atoms with Gasteiger partial charge in [-0.1, -0.05) is 37.6 Å². The van der Waals surface area contributed by atoms with E-state index >= 15 is 0 Å². The summed E-state index contributed by atoms with van der Waals surface area (Å²) in [7, 11) is -3.31. The molecule has 1 rings (SSSR count). The van der Waals surface area contributed by atoms with Crippen LogP contribution in [-0.2, 0) is 16.6 Å². The summed E-state index contributed by atoms with van der Waals surface area (Å²) in [6, 6.07) is 6.71. The van der Waals surface area contributed by atoms with Crippen LogP contribution >= 0.6 is 11.6 Å². The van der Waals surface area contributed by atoms with Crippen LogP contribution in [0, 0.1) is 0 Å². The molecule has 0 radical (unpaired) electrons. The molecule has 6 nitrogen and oxygen atoms in total. The van der Waals surface area contributed by atoms with E-state index in [-0.39, 0.29) is 12.3 Å². The first-order valence-corrected chi connectivity index (χ1v) is 9.11. The number of hydrogen-bond acceptors (Lipinski definition) is 3. The van der Waals surface area contributed by atoms with Crippen molar-refractivity contribution in [2.24, 2.45) is 0 Å². The molecule has 0 bridgehead atoms. The van der Waals surface area contributed by atoms with Crippen LogP contribution in [-0.4, -0.2) is 44.1 Å². The van der Waals surface area contributed by atoms with Gasteiger partial charge in [0.2, 0.25) is 10.0 Å². The second kappa shape index (κ2) is 8.97. The minimum Gasteiger partial charge on any atom is -0.337 e. The van der Waals surface area contributed by atoms with Crippen molar-refractivity contribution in [3.8, 4) is 0 Å². The van der Waals surface area contributed by atoms with Crippen LogP contribution in [0.25, 0.3) is 0 Å². The molecule has 22 heavy (non-hydrogen) atoms. The molecule has 0 atom stereocenters. The van der Waals surface area contributed by atoms with Crippen LogP contribution in [0.3, 0.4) is 0 Å². The van der Waals surface area contributed by atoms with Gasteiger partial charge < -0.3 is 10.6 Å². The van der Waals surface area contributed by atoms with Gasteiger partial charge in [-0.15, -0.1) is 0 Å². The van der Waals surface area contributed by atoms with E-state index < -0.39 is 16.1 Å². The van der Waals surface area contributed by atoms with Crippen LogP contribution in [0.1, 0.15) is 19.4 Å². The number of benzene rings is 1. The summed E-state index contributed by atoms with van der Waals surface area (Å²) in [5, 5.41) is 5.84. The van der Waals surface area contributed by atoms with E-state index in [4.69, 9.17) is 11.6 Å². The molecule has 8 heteroatoms. The number of amides is 2. The summed E-state index contributed by atoms with van der Waals surface area (Å²) in [4.78, 5) is 11.6. The molecule has 1 aromatic carbocycles. The van der Waals surface area contributed by atoms with Gasteiger partial charge in [-0.2, -0.15) is 0 Å². The molecule has 0 fully saturated rings. The quantitative estimate of drug-likeness (QED) is 0.752. The summed E-state index contributed by atoms with van der Waals surface area (Å²) in [6.45, 7) is 4.86. The first-order valence-electron chi connectivity index (χ1n) is 7.13. The molecular formula is C14H22ClN3O3S. The Balaban J connectivity index is 2.33. The van der Waals surface area contributed by atoms with Gasteiger partial charge in [-0.25, -0.2) is 17.5 Å². The molecule has 0 aliphatic heterocycles. The second-order valence-corrected chi connectivity index (χ2v) is 7.16. The zero-order chi connectivity index (χ0) is 16.6. The van der Waals surface area contributed by atoms with Crippen molar-refractivity contribution in [2.45, 2.75) is 20.4 Å². The Labute approximate surface area is 136 Å². The maximum atomic E-state index is 11.9. The average molecular weight is 348 g/mol. The predicted molar refractivity (Wildman–Crippen MR) is 88.4 cm³/mol. The summed E-state index contributed by atoms with van der Waals surface area (Å²) < 4.78 is 25.2. The molecule has 0 heterocycles. The van der Waals surface area contributed by atoms with Gasteiger partial charge in [0.05, 0.1) is 5.75 Å². The summed E-state index contributed by atoms with van der Waals surface area (Å²) >= 11 is 5.77. The van der Waals surface area contributed by atoms with Crippen molar-refractivity contribution >= 4 is 27.7 Å². The molecule has 0 aliphatic rings. The lowest BCUT2D eigenvalue weighted by Crippen LogP contribution is -2.40. The maximum absolute atomic E-state index is 11.9. The lowest BCUT2D eigenvalue weighted by molar-refractivity contribution is 0.241. The molecule has 0 spiro atoms. The fourth-order valence-corrected chi connectivity index (χ4v) is 3.42. The third-order valence-electron chi connectivity index (χ3n) is 3.11. The lowest BCUT2D eigenvalue weighted by atomic mass is 10.2. The highest BCUT2D eigenvalue weighted by Crippen LogP contribution is 2.08. The van der Waals surface area contributed by atoms with Gasteiger partial charge in [0.1, 0.15) is 0 Å². The largest absolute Gasteiger partial charge is 0.337 e. The highest BCUT2D eigenvalue weighted by molar-refractivity contribution is 7.89. The number of nitrogens with zero attached hydrogens (tertiary/aromatic N) is 1. The van der Waals surface area contributed by atoms with E-state index in [1.165, 1.54) is 4.31 Å². The van der Waals surface area contributed by atoms with E-state index in [0.29, 0.717) is 24.7 Å². The third-order valence-corrected chi connectivity index (χ3v) is 5.39. The second-order valence-electron chi connectivity index (χ2n) is 4.64. The smallest absolute Gasteiger partial charge is 0.315 e. The van der Waals surface area contributed by atoms with E-state index in [9.17, 15) is 13.2 Å². The zero-order valence-corrected chi connectivity index (χ0v) is 14.4. The Bertz CT molecular complexity index is 572. The number of hydrogen-bond donors (Lipinski definition) is 2. The van der Waals surface area contributed by atoms with Gasteiger partial charge in [0.25, 0.3) is 0 Å². The van der Waals surface area contributed by atoms with Crippen molar-refractivity contribution in [3.63, 3.8) is 0 Å². The lowest BCUT2D eigenvalue weighted by Gasteiger charge is -2.18. The number of halogens is 1. The monoisotopic (exact) mass is 347 g/mol. The Morgan fingerprint density at radius 2 is 1.73 bits per heavy atom. The maximum Gasteiger partial charge on any atom is 0.315 e. The number of carbonyl (C=O) groups excluding carboxylic acids is 1. The third kappa shape index (κ3) is 6.21. The zero-order valence-electron chi connectivity index (χ0n) is 12.8. The van der Waals surface area contributed by atoms with Crippen molar-refractivity contribution < 1.29 is 13.2 Å². The van der Waals surface area contributed by atoms with E-state index in [1.807, 2.05) is 12.1 Å². The molecule has 1 aromatic rings. The van der Waals surface area contributed by atoms with Crippen LogP contribution in [0.2, 0.25) is 5.02 Å². The highest BCUT2D eigenvalue weighted by atomic mass is 35.5. The minimum absolute atomic E-state index is 0.0747. The fraction of sp³-hybridized carbons (Fsp3) is 0.500. The Kier molecular flexibility index (Phi) is 7.64. The van der Waals surface area contributed by atoms with Gasteiger partial charge in [0, 0.05) is 31.2 Å². The normalized spacial score (nSPS) is 11.5. The number of nitrogens with one attached hydrogen (secondary N) is 2. The summed E-state index contributed by atoms with van der Waals surface area (Å²) in [6.07, 6.45) is 0. The van der Waals surface area contributed by atoms with Gasteiger partial charge in [0.15, 0.2) is 0 Å². The van der Waals surface area contributed by atoms with E-state index in [2.05, 4.69) is 10.6 Å². The molecular weight excluding hydrogens is 326 g/mol.